The molecule has 0 unspecified atom stereocenters. The molecule has 0 spiro atoms. The van der Waals surface area contributed by atoms with Crippen molar-refractivity contribution in [1.82, 2.24) is 0 Å². The van der Waals surface area contributed by atoms with E-state index in [0.717, 1.165) is 16.6 Å². The Balaban J connectivity index is 1.29. The molecule has 8 rings (SSSR count). The van der Waals surface area contributed by atoms with Gasteiger partial charge in [0.2, 0.25) is 0 Å². The van der Waals surface area contributed by atoms with Crippen LogP contribution >= 0.6 is 0 Å². The Hall–Kier alpha value is -4.88. The van der Waals surface area contributed by atoms with Crippen LogP contribution in [0.25, 0.3) is 76.5 Å². The Morgan fingerprint density at radius 2 is 0.838 bits per heavy atom. The van der Waals surface area contributed by atoms with E-state index in [-0.39, 0.29) is 0 Å². The average Bonchev–Trinajstić information content (AvgIpc) is 3.36. The van der Waals surface area contributed by atoms with Crippen molar-refractivity contribution in [3.63, 3.8) is 0 Å². The summed E-state index contributed by atoms with van der Waals surface area (Å²) in [5.74, 6) is 0. The molecule has 1 heterocycles. The lowest BCUT2D eigenvalue weighted by molar-refractivity contribution is 0.669. The molecule has 0 radical (unpaired) electrons. The predicted molar refractivity (Wildman–Crippen MR) is 157 cm³/mol. The molecule has 0 aliphatic rings. The molecule has 0 saturated carbocycles. The number of furan rings is 1. The van der Waals surface area contributed by atoms with Gasteiger partial charge in [-0.2, -0.15) is 0 Å². The van der Waals surface area contributed by atoms with Crippen LogP contribution in [0.15, 0.2) is 138 Å². The average molecular weight is 471 g/mol. The zero-order chi connectivity index (χ0) is 24.3. The van der Waals surface area contributed by atoms with Crippen molar-refractivity contribution in [2.24, 2.45) is 0 Å². The standard InChI is InChI=1S/C36H22O/c1-2-10-29-27(8-1)28-9-3-4-11-30(28)33-22-25(20-21-31(29)33)23-16-18-24(19-17-23)26-13-7-15-35-36(26)32-12-5-6-14-34(32)37-35/h1-22H. The predicted octanol–water partition coefficient (Wildman–Crippen LogP) is 10.4. The minimum Gasteiger partial charge on any atom is -0.456 e. The van der Waals surface area contributed by atoms with Crippen molar-refractivity contribution in [3.8, 4) is 22.3 Å². The summed E-state index contributed by atoms with van der Waals surface area (Å²) < 4.78 is 6.11. The van der Waals surface area contributed by atoms with Crippen molar-refractivity contribution in [1.29, 1.82) is 0 Å². The smallest absolute Gasteiger partial charge is 0.136 e. The van der Waals surface area contributed by atoms with E-state index in [1.165, 1.54) is 60.0 Å². The zero-order valence-electron chi connectivity index (χ0n) is 20.1. The highest BCUT2D eigenvalue weighted by Gasteiger charge is 2.13. The topological polar surface area (TPSA) is 13.1 Å². The molecule has 172 valence electrons. The Morgan fingerprint density at radius 1 is 0.324 bits per heavy atom. The Kier molecular flexibility index (Phi) is 4.29. The van der Waals surface area contributed by atoms with Crippen molar-refractivity contribution < 1.29 is 4.42 Å². The monoisotopic (exact) mass is 470 g/mol. The molecule has 37 heavy (non-hydrogen) atoms. The van der Waals surface area contributed by atoms with E-state index >= 15 is 0 Å². The molecule has 1 aromatic heterocycles. The fourth-order valence-corrected chi connectivity index (χ4v) is 5.94. The molecule has 0 aliphatic heterocycles. The van der Waals surface area contributed by atoms with Crippen LogP contribution in [0.4, 0.5) is 0 Å². The second-order valence-electron chi connectivity index (χ2n) is 9.71. The van der Waals surface area contributed by atoms with Gasteiger partial charge in [0.15, 0.2) is 0 Å². The summed E-state index contributed by atoms with van der Waals surface area (Å²) in [5.41, 5.74) is 6.69. The molecular formula is C36H22O. The lowest BCUT2D eigenvalue weighted by Gasteiger charge is -2.12. The Morgan fingerprint density at radius 3 is 1.54 bits per heavy atom. The zero-order valence-corrected chi connectivity index (χ0v) is 20.1. The normalized spacial score (nSPS) is 11.8. The van der Waals surface area contributed by atoms with E-state index in [1.807, 2.05) is 12.1 Å². The highest BCUT2D eigenvalue weighted by molar-refractivity contribution is 6.25. The van der Waals surface area contributed by atoms with Crippen molar-refractivity contribution in [2.45, 2.75) is 0 Å². The highest BCUT2D eigenvalue weighted by atomic mass is 16.3. The molecule has 0 bridgehead atoms. The summed E-state index contributed by atoms with van der Waals surface area (Å²) >= 11 is 0. The summed E-state index contributed by atoms with van der Waals surface area (Å²) in [7, 11) is 0. The van der Waals surface area contributed by atoms with Gasteiger partial charge in [-0.25, -0.2) is 0 Å². The third-order valence-corrected chi connectivity index (χ3v) is 7.68. The van der Waals surface area contributed by atoms with Gasteiger partial charge in [-0.1, -0.05) is 115 Å². The first-order chi connectivity index (χ1) is 18.3. The SMILES string of the molecule is c1ccc2c(c1)oc1cccc(-c3ccc(-c4ccc5c6ccccc6c6ccccc6c5c4)cc3)c12. The van der Waals surface area contributed by atoms with Gasteiger partial charge in [0.1, 0.15) is 11.2 Å². The molecule has 7 aromatic carbocycles. The number of rotatable bonds is 2. The lowest BCUT2D eigenvalue weighted by Crippen LogP contribution is -1.85. The molecule has 0 atom stereocenters. The van der Waals surface area contributed by atoms with Crippen molar-refractivity contribution in [3.05, 3.63) is 133 Å². The maximum Gasteiger partial charge on any atom is 0.136 e. The van der Waals surface area contributed by atoms with Crippen molar-refractivity contribution in [2.75, 3.05) is 0 Å². The third-order valence-electron chi connectivity index (χ3n) is 7.68. The number of fused-ring (bicyclic) bond motifs is 9. The van der Waals surface area contributed by atoms with E-state index in [2.05, 4.69) is 121 Å². The van der Waals surface area contributed by atoms with Gasteiger partial charge in [0.05, 0.1) is 0 Å². The highest BCUT2D eigenvalue weighted by Crippen LogP contribution is 2.39. The van der Waals surface area contributed by atoms with Gasteiger partial charge in [-0.3, -0.25) is 0 Å². The van der Waals surface area contributed by atoms with E-state index in [9.17, 15) is 0 Å². The fourth-order valence-electron chi connectivity index (χ4n) is 5.94. The number of hydrogen-bond acceptors (Lipinski definition) is 1. The molecule has 0 N–H and O–H groups in total. The minimum atomic E-state index is 0.927. The van der Waals surface area contributed by atoms with Gasteiger partial charge in [0.25, 0.3) is 0 Å². The Bertz CT molecular complexity index is 2090. The summed E-state index contributed by atoms with van der Waals surface area (Å²) in [6, 6.07) is 47.9. The first-order valence-electron chi connectivity index (χ1n) is 12.7. The van der Waals surface area contributed by atoms with Crippen LogP contribution in [0.2, 0.25) is 0 Å². The van der Waals surface area contributed by atoms with E-state index in [1.54, 1.807) is 0 Å². The van der Waals surface area contributed by atoms with Crippen LogP contribution in [0.3, 0.4) is 0 Å². The minimum absolute atomic E-state index is 0.927. The van der Waals surface area contributed by atoms with Gasteiger partial charge in [-0.15, -0.1) is 0 Å². The van der Waals surface area contributed by atoms with Gasteiger partial charge >= 0.3 is 0 Å². The second-order valence-corrected chi connectivity index (χ2v) is 9.71. The van der Waals surface area contributed by atoms with E-state index in [4.69, 9.17) is 4.42 Å². The Labute approximate surface area is 214 Å². The summed E-state index contributed by atoms with van der Waals surface area (Å²) in [6.07, 6.45) is 0. The van der Waals surface area contributed by atoms with E-state index in [0.29, 0.717) is 0 Å². The maximum atomic E-state index is 6.11. The van der Waals surface area contributed by atoms with Crippen LogP contribution in [0.1, 0.15) is 0 Å². The molecule has 0 fully saturated rings. The molecule has 1 nitrogen and oxygen atoms in total. The van der Waals surface area contributed by atoms with Crippen LogP contribution in [0.5, 0.6) is 0 Å². The first-order valence-corrected chi connectivity index (χ1v) is 12.7. The molecule has 1 heteroatoms. The van der Waals surface area contributed by atoms with Crippen LogP contribution in [-0.2, 0) is 0 Å². The number of hydrogen-bond donors (Lipinski definition) is 0. The second kappa shape index (κ2) is 7.81. The molecule has 8 aromatic rings. The fraction of sp³-hybridized carbons (Fsp3) is 0. The summed E-state index contributed by atoms with van der Waals surface area (Å²) in [6.45, 7) is 0. The third kappa shape index (κ3) is 3.04. The van der Waals surface area contributed by atoms with Crippen LogP contribution in [0, 0.1) is 0 Å². The largest absolute Gasteiger partial charge is 0.456 e. The van der Waals surface area contributed by atoms with Crippen molar-refractivity contribution >= 4 is 54.3 Å². The van der Waals surface area contributed by atoms with Crippen LogP contribution < -0.4 is 0 Å². The van der Waals surface area contributed by atoms with Gasteiger partial charge < -0.3 is 4.42 Å². The molecule has 0 aliphatic carbocycles. The van der Waals surface area contributed by atoms with Crippen LogP contribution in [-0.4, -0.2) is 0 Å². The molecule has 0 amide bonds. The summed E-state index contributed by atoms with van der Waals surface area (Å²) in [4.78, 5) is 0. The summed E-state index contributed by atoms with van der Waals surface area (Å²) in [5, 5.41) is 10.1. The lowest BCUT2D eigenvalue weighted by atomic mass is 9.91. The molecular weight excluding hydrogens is 448 g/mol. The molecule has 0 saturated heterocycles. The van der Waals surface area contributed by atoms with Gasteiger partial charge in [-0.05, 0) is 72.8 Å². The number of benzene rings is 7. The first kappa shape index (κ1) is 20.3. The maximum absolute atomic E-state index is 6.11. The number of para-hydroxylation sites is 1. The van der Waals surface area contributed by atoms with E-state index < -0.39 is 0 Å². The quantitative estimate of drug-likeness (QED) is 0.229. The van der Waals surface area contributed by atoms with Gasteiger partial charge in [0, 0.05) is 10.8 Å².